The van der Waals surface area contributed by atoms with Crippen molar-refractivity contribution in [1.82, 2.24) is 19.7 Å². The lowest BCUT2D eigenvalue weighted by Crippen LogP contribution is -2.39. The molecule has 1 saturated heterocycles. The van der Waals surface area contributed by atoms with E-state index in [4.69, 9.17) is 0 Å². The Morgan fingerprint density at radius 3 is 2.92 bits per heavy atom. The molecular weight excluding hydrogens is 332 g/mol. The maximum atomic E-state index is 13.2. The van der Waals surface area contributed by atoms with Crippen molar-refractivity contribution in [2.75, 3.05) is 6.54 Å². The van der Waals surface area contributed by atoms with Crippen LogP contribution in [-0.2, 0) is 7.05 Å². The van der Waals surface area contributed by atoms with Crippen LogP contribution in [0.1, 0.15) is 41.5 Å². The van der Waals surface area contributed by atoms with Gasteiger partial charge < -0.3 is 4.90 Å². The second-order valence-corrected chi connectivity index (χ2v) is 7.23. The third kappa shape index (κ3) is 3.09. The van der Waals surface area contributed by atoms with Crippen molar-refractivity contribution < 1.29 is 4.79 Å². The van der Waals surface area contributed by atoms with E-state index in [2.05, 4.69) is 10.1 Å². The quantitative estimate of drug-likeness (QED) is 0.718. The van der Waals surface area contributed by atoms with Crippen molar-refractivity contribution in [3.05, 3.63) is 59.4 Å². The van der Waals surface area contributed by atoms with Crippen molar-refractivity contribution in [3.8, 4) is 10.6 Å². The highest BCUT2D eigenvalue weighted by Gasteiger charge is 2.31. The summed E-state index contributed by atoms with van der Waals surface area (Å²) in [7, 11) is 1.84. The zero-order valence-electron chi connectivity index (χ0n) is 14.1. The van der Waals surface area contributed by atoms with E-state index in [1.54, 1.807) is 22.2 Å². The maximum absolute atomic E-state index is 13.2. The van der Waals surface area contributed by atoms with E-state index in [9.17, 15) is 4.79 Å². The number of thiophene rings is 1. The Hall–Kier alpha value is -2.47. The Bertz CT molecular complexity index is 857. The zero-order chi connectivity index (χ0) is 17.2. The first kappa shape index (κ1) is 16.0. The van der Waals surface area contributed by atoms with Gasteiger partial charge in [0.2, 0.25) is 0 Å². The van der Waals surface area contributed by atoms with E-state index in [0.717, 1.165) is 42.1 Å². The molecule has 25 heavy (non-hydrogen) atoms. The number of aromatic nitrogens is 3. The fourth-order valence-corrected chi connectivity index (χ4v) is 4.10. The predicted molar refractivity (Wildman–Crippen MR) is 98.4 cm³/mol. The Kier molecular flexibility index (Phi) is 4.36. The van der Waals surface area contributed by atoms with Gasteiger partial charge in [-0.1, -0.05) is 12.1 Å². The number of hydrogen-bond acceptors (Lipinski definition) is 4. The van der Waals surface area contributed by atoms with E-state index < -0.39 is 0 Å². The van der Waals surface area contributed by atoms with Gasteiger partial charge in [0.15, 0.2) is 0 Å². The van der Waals surface area contributed by atoms with Crippen LogP contribution < -0.4 is 0 Å². The van der Waals surface area contributed by atoms with Crippen molar-refractivity contribution >= 4 is 17.2 Å². The first-order valence-electron chi connectivity index (χ1n) is 8.54. The molecular formula is C19H20N4OS. The van der Waals surface area contributed by atoms with Crippen LogP contribution in [-0.4, -0.2) is 32.1 Å². The molecule has 128 valence electrons. The van der Waals surface area contributed by atoms with Gasteiger partial charge in [-0.25, -0.2) is 0 Å². The highest BCUT2D eigenvalue weighted by molar-refractivity contribution is 7.13. The number of likely N-dealkylation sites (tertiary alicyclic amines) is 1. The third-order valence-corrected chi connectivity index (χ3v) is 5.56. The topological polar surface area (TPSA) is 51.0 Å². The predicted octanol–water partition coefficient (Wildman–Crippen LogP) is 3.91. The lowest BCUT2D eigenvalue weighted by molar-refractivity contribution is 0.0594. The maximum Gasteiger partial charge on any atom is 0.272 e. The van der Waals surface area contributed by atoms with Crippen LogP contribution in [0.2, 0.25) is 0 Å². The smallest absolute Gasteiger partial charge is 0.272 e. The summed E-state index contributed by atoms with van der Waals surface area (Å²) in [6.07, 6.45) is 4.91. The molecule has 0 aromatic carbocycles. The number of hydrogen-bond donors (Lipinski definition) is 0. The van der Waals surface area contributed by atoms with Gasteiger partial charge in [0.25, 0.3) is 5.91 Å². The zero-order valence-corrected chi connectivity index (χ0v) is 14.9. The largest absolute Gasteiger partial charge is 0.329 e. The Balaban J connectivity index is 1.65. The van der Waals surface area contributed by atoms with E-state index >= 15 is 0 Å². The summed E-state index contributed by atoms with van der Waals surface area (Å²) in [6, 6.07) is 11.9. The van der Waals surface area contributed by atoms with Crippen molar-refractivity contribution in [3.63, 3.8) is 0 Å². The lowest BCUT2D eigenvalue weighted by atomic mass is 9.98. The van der Waals surface area contributed by atoms with Crippen LogP contribution >= 0.6 is 11.3 Å². The number of aryl methyl sites for hydroxylation is 1. The van der Waals surface area contributed by atoms with E-state index in [0.29, 0.717) is 5.69 Å². The molecule has 0 aliphatic carbocycles. The molecule has 0 unspecified atom stereocenters. The molecule has 1 fully saturated rings. The molecule has 1 aliphatic rings. The minimum absolute atomic E-state index is 0.0353. The number of rotatable bonds is 3. The van der Waals surface area contributed by atoms with Crippen LogP contribution in [0.25, 0.3) is 10.6 Å². The fraction of sp³-hybridized carbons (Fsp3) is 0.316. The minimum Gasteiger partial charge on any atom is -0.329 e. The number of carbonyl (C=O) groups is 1. The Labute approximate surface area is 150 Å². The van der Waals surface area contributed by atoms with Crippen molar-refractivity contribution in [2.24, 2.45) is 7.05 Å². The highest BCUT2D eigenvalue weighted by Crippen LogP contribution is 2.32. The molecule has 3 aromatic heterocycles. The highest BCUT2D eigenvalue weighted by atomic mass is 32.1. The third-order valence-electron chi connectivity index (χ3n) is 4.67. The van der Waals surface area contributed by atoms with Gasteiger partial charge in [-0.3, -0.25) is 14.5 Å². The van der Waals surface area contributed by atoms with E-state index in [1.165, 1.54) is 0 Å². The average Bonchev–Trinajstić information content (AvgIpc) is 3.31. The second-order valence-electron chi connectivity index (χ2n) is 6.28. The standard InChI is InChI=1S/C19H20N4OS/c1-22-17(13-15(21-22)18-9-6-12-25-18)19(24)23-11-5-3-8-16(23)14-7-2-4-10-20-14/h2,4,6-7,9-10,12-13,16H,3,5,8,11H2,1H3/t16-/m1/s1. The summed E-state index contributed by atoms with van der Waals surface area (Å²) < 4.78 is 1.70. The van der Waals surface area contributed by atoms with Crippen LogP contribution in [0.3, 0.4) is 0 Å². The number of carbonyl (C=O) groups excluding carboxylic acids is 1. The van der Waals surface area contributed by atoms with Gasteiger partial charge in [0.05, 0.1) is 16.6 Å². The first-order chi connectivity index (χ1) is 12.2. The van der Waals surface area contributed by atoms with Gasteiger partial charge >= 0.3 is 0 Å². The van der Waals surface area contributed by atoms with Gasteiger partial charge in [-0.05, 0) is 48.9 Å². The number of piperidine rings is 1. The van der Waals surface area contributed by atoms with Crippen LogP contribution in [0.4, 0.5) is 0 Å². The lowest BCUT2D eigenvalue weighted by Gasteiger charge is -2.35. The van der Waals surface area contributed by atoms with E-state index in [-0.39, 0.29) is 11.9 Å². The molecule has 1 aliphatic heterocycles. The number of amides is 1. The SMILES string of the molecule is Cn1nc(-c2cccs2)cc1C(=O)N1CCCC[C@@H]1c1ccccn1. The monoisotopic (exact) mass is 352 g/mol. The van der Waals surface area contributed by atoms with Crippen molar-refractivity contribution in [1.29, 1.82) is 0 Å². The van der Waals surface area contributed by atoms with Gasteiger partial charge in [-0.2, -0.15) is 5.10 Å². The molecule has 0 bridgehead atoms. The number of pyridine rings is 1. The average molecular weight is 352 g/mol. The summed E-state index contributed by atoms with van der Waals surface area (Å²) >= 11 is 1.63. The first-order valence-corrected chi connectivity index (χ1v) is 9.42. The Morgan fingerprint density at radius 1 is 1.24 bits per heavy atom. The van der Waals surface area contributed by atoms with Crippen LogP contribution in [0.15, 0.2) is 48.0 Å². The molecule has 0 N–H and O–H groups in total. The summed E-state index contributed by atoms with van der Waals surface area (Å²) in [4.78, 5) is 20.7. The normalized spacial score (nSPS) is 17.6. The molecule has 3 aromatic rings. The fourth-order valence-electron chi connectivity index (χ4n) is 3.41. The summed E-state index contributed by atoms with van der Waals surface area (Å²) in [5.41, 5.74) is 2.45. The van der Waals surface area contributed by atoms with Crippen LogP contribution in [0, 0.1) is 0 Å². The summed E-state index contributed by atoms with van der Waals surface area (Å²) in [6.45, 7) is 0.763. The van der Waals surface area contributed by atoms with Crippen LogP contribution in [0.5, 0.6) is 0 Å². The molecule has 4 rings (SSSR count). The second kappa shape index (κ2) is 6.80. The van der Waals surface area contributed by atoms with Crippen molar-refractivity contribution in [2.45, 2.75) is 25.3 Å². The molecule has 0 spiro atoms. The molecule has 0 saturated carbocycles. The molecule has 5 nitrogen and oxygen atoms in total. The molecule has 4 heterocycles. The van der Waals surface area contributed by atoms with Gasteiger partial charge in [0.1, 0.15) is 11.4 Å². The summed E-state index contributed by atoms with van der Waals surface area (Å²) in [5, 5.41) is 6.55. The Morgan fingerprint density at radius 2 is 2.16 bits per heavy atom. The van der Waals surface area contributed by atoms with Gasteiger partial charge in [0, 0.05) is 19.8 Å². The molecule has 0 radical (unpaired) electrons. The minimum atomic E-state index is 0.0353. The van der Waals surface area contributed by atoms with E-state index in [1.807, 2.05) is 53.7 Å². The molecule has 6 heteroatoms. The van der Waals surface area contributed by atoms with Gasteiger partial charge in [-0.15, -0.1) is 11.3 Å². The molecule has 1 amide bonds. The molecule has 1 atom stereocenters. The number of nitrogens with zero attached hydrogens (tertiary/aromatic N) is 4. The summed E-state index contributed by atoms with van der Waals surface area (Å²) in [5.74, 6) is 0.0353.